The maximum absolute atomic E-state index is 8.52. The van der Waals surface area contributed by atoms with Gasteiger partial charge in [0.2, 0.25) is 0 Å². The fourth-order valence-corrected chi connectivity index (χ4v) is 1.39. The first-order valence-corrected chi connectivity index (χ1v) is 4.04. The van der Waals surface area contributed by atoms with Crippen molar-refractivity contribution < 1.29 is 0 Å². The molecule has 0 heterocycles. The average Bonchev–Trinajstić information content (AvgIpc) is 2.19. The third-order valence-electron chi connectivity index (χ3n) is 1.98. The van der Waals surface area contributed by atoms with E-state index >= 15 is 0 Å². The Morgan fingerprint density at radius 2 is 1.77 bits per heavy atom. The van der Waals surface area contributed by atoms with E-state index in [1.54, 1.807) is 0 Å². The summed E-state index contributed by atoms with van der Waals surface area (Å²) in [5, 5.41) is 13.4. The van der Waals surface area contributed by atoms with E-state index in [1.165, 1.54) is 0 Å². The highest BCUT2D eigenvalue weighted by atomic mass is 14.9. The molecule has 0 bridgehead atoms. The first-order chi connectivity index (χ1) is 6.42. The highest BCUT2D eigenvalue weighted by Gasteiger charge is 1.96. The van der Waals surface area contributed by atoms with Crippen molar-refractivity contribution in [2.45, 2.75) is 0 Å². The van der Waals surface area contributed by atoms with Crippen LogP contribution < -0.4 is 5.32 Å². The Morgan fingerprint density at radius 3 is 2.62 bits per heavy atom. The molecule has 0 fully saturated rings. The van der Waals surface area contributed by atoms with Crippen molar-refractivity contribution in [1.29, 1.82) is 5.26 Å². The molecule has 0 saturated carbocycles. The van der Waals surface area contributed by atoms with Gasteiger partial charge in [-0.05, 0) is 11.5 Å². The minimum atomic E-state index is 0.862. The Hall–Kier alpha value is -2.01. The number of anilines is 1. The number of nitrogens with one attached hydrogen (secondary N) is 1. The fourth-order valence-electron chi connectivity index (χ4n) is 1.39. The third-order valence-corrected chi connectivity index (χ3v) is 1.98. The van der Waals surface area contributed by atoms with Crippen LogP contribution >= 0.6 is 0 Å². The first kappa shape index (κ1) is 7.63. The Kier molecular flexibility index (Phi) is 1.85. The number of hydrogen-bond acceptors (Lipinski definition) is 2. The van der Waals surface area contributed by atoms with E-state index in [1.807, 2.05) is 48.7 Å². The van der Waals surface area contributed by atoms with Crippen LogP contribution in [0, 0.1) is 11.5 Å². The van der Waals surface area contributed by atoms with Crippen molar-refractivity contribution in [2.75, 3.05) is 5.32 Å². The van der Waals surface area contributed by atoms with E-state index in [0.717, 1.165) is 16.5 Å². The largest absolute Gasteiger partial charge is 0.292 e. The van der Waals surface area contributed by atoms with Crippen LogP contribution in [0.15, 0.2) is 42.5 Å². The van der Waals surface area contributed by atoms with Gasteiger partial charge in [0, 0.05) is 5.39 Å². The minimum Gasteiger partial charge on any atom is -0.292 e. The smallest absolute Gasteiger partial charge is 0.181 e. The Bertz CT molecular complexity index is 463. The summed E-state index contributed by atoms with van der Waals surface area (Å²) in [7, 11) is 0. The molecule has 0 saturated heterocycles. The summed E-state index contributed by atoms with van der Waals surface area (Å²) in [5.41, 5.74) is 0.862. The summed E-state index contributed by atoms with van der Waals surface area (Å²) in [4.78, 5) is 0. The Morgan fingerprint density at radius 1 is 1.00 bits per heavy atom. The Balaban J connectivity index is 2.70. The standard InChI is InChI=1S/C11H8N2/c12-8-13-11-7-3-5-9-4-1-2-6-10(9)11/h1-7,13H. The van der Waals surface area contributed by atoms with Gasteiger partial charge < -0.3 is 0 Å². The average molecular weight is 168 g/mol. The third kappa shape index (κ3) is 1.32. The monoisotopic (exact) mass is 168 g/mol. The molecule has 0 aliphatic rings. The van der Waals surface area contributed by atoms with Crippen LogP contribution in [0.3, 0.4) is 0 Å². The SMILES string of the molecule is N#CNc1cccc2ccccc12. The molecule has 0 radical (unpaired) electrons. The second-order valence-electron chi connectivity index (χ2n) is 2.76. The summed E-state index contributed by atoms with van der Waals surface area (Å²) in [6, 6.07) is 13.8. The van der Waals surface area contributed by atoms with Gasteiger partial charge in [-0.2, -0.15) is 5.26 Å². The molecule has 2 nitrogen and oxygen atoms in total. The molecule has 0 atom stereocenters. The van der Waals surface area contributed by atoms with Gasteiger partial charge in [0.05, 0.1) is 5.69 Å². The zero-order chi connectivity index (χ0) is 9.10. The summed E-state index contributed by atoms with van der Waals surface area (Å²) < 4.78 is 0. The predicted octanol–water partition coefficient (Wildman–Crippen LogP) is 2.73. The number of nitrogens with zero attached hydrogens (tertiary/aromatic N) is 1. The summed E-state index contributed by atoms with van der Waals surface area (Å²) in [6.07, 6.45) is 1.93. The highest BCUT2D eigenvalue weighted by molar-refractivity contribution is 5.94. The quantitative estimate of drug-likeness (QED) is 0.525. The summed E-state index contributed by atoms with van der Waals surface area (Å²) in [6.45, 7) is 0. The number of rotatable bonds is 1. The number of fused-ring (bicyclic) bond motifs is 1. The number of benzene rings is 2. The van der Waals surface area contributed by atoms with Gasteiger partial charge in [-0.15, -0.1) is 0 Å². The molecular weight excluding hydrogens is 160 g/mol. The van der Waals surface area contributed by atoms with Gasteiger partial charge in [0.15, 0.2) is 6.19 Å². The van der Waals surface area contributed by atoms with Crippen molar-refractivity contribution in [3.63, 3.8) is 0 Å². The van der Waals surface area contributed by atoms with Gasteiger partial charge in [0.1, 0.15) is 0 Å². The summed E-state index contributed by atoms with van der Waals surface area (Å²) in [5.74, 6) is 0. The van der Waals surface area contributed by atoms with Crippen LogP contribution in [0.2, 0.25) is 0 Å². The van der Waals surface area contributed by atoms with E-state index in [4.69, 9.17) is 5.26 Å². The maximum Gasteiger partial charge on any atom is 0.181 e. The maximum atomic E-state index is 8.52. The van der Waals surface area contributed by atoms with Crippen molar-refractivity contribution in [3.8, 4) is 6.19 Å². The highest BCUT2D eigenvalue weighted by Crippen LogP contribution is 2.22. The molecule has 2 heteroatoms. The van der Waals surface area contributed by atoms with E-state index in [2.05, 4.69) is 5.32 Å². The lowest BCUT2D eigenvalue weighted by Gasteiger charge is -2.02. The van der Waals surface area contributed by atoms with Crippen molar-refractivity contribution in [2.24, 2.45) is 0 Å². The molecule has 2 aromatic carbocycles. The second kappa shape index (κ2) is 3.16. The van der Waals surface area contributed by atoms with Gasteiger partial charge in [-0.1, -0.05) is 36.4 Å². The normalized spacial score (nSPS) is 9.46. The molecule has 0 aliphatic heterocycles. The van der Waals surface area contributed by atoms with Crippen molar-refractivity contribution in [1.82, 2.24) is 0 Å². The lowest BCUT2D eigenvalue weighted by Crippen LogP contribution is -1.87. The molecule has 1 N–H and O–H groups in total. The topological polar surface area (TPSA) is 35.8 Å². The van der Waals surface area contributed by atoms with Crippen LogP contribution in [-0.4, -0.2) is 0 Å². The van der Waals surface area contributed by atoms with E-state index in [0.29, 0.717) is 0 Å². The minimum absolute atomic E-state index is 0.862. The second-order valence-corrected chi connectivity index (χ2v) is 2.76. The predicted molar refractivity (Wildman–Crippen MR) is 53.2 cm³/mol. The van der Waals surface area contributed by atoms with E-state index < -0.39 is 0 Å². The molecule has 0 aliphatic carbocycles. The molecule has 2 aromatic rings. The van der Waals surface area contributed by atoms with Crippen LogP contribution in [0.5, 0.6) is 0 Å². The lowest BCUT2D eigenvalue weighted by atomic mass is 10.1. The molecule has 0 spiro atoms. The van der Waals surface area contributed by atoms with E-state index in [-0.39, 0.29) is 0 Å². The lowest BCUT2D eigenvalue weighted by molar-refractivity contribution is 1.48. The molecule has 0 unspecified atom stereocenters. The number of hydrogen-bond donors (Lipinski definition) is 1. The fraction of sp³-hybridized carbons (Fsp3) is 0. The molecule has 0 amide bonds. The van der Waals surface area contributed by atoms with Gasteiger partial charge in [-0.25, -0.2) is 0 Å². The molecule has 2 rings (SSSR count). The van der Waals surface area contributed by atoms with Crippen LogP contribution in [-0.2, 0) is 0 Å². The molecular formula is C11H8N2. The molecule has 13 heavy (non-hydrogen) atoms. The van der Waals surface area contributed by atoms with Crippen molar-refractivity contribution >= 4 is 16.5 Å². The van der Waals surface area contributed by atoms with Gasteiger partial charge in [0.25, 0.3) is 0 Å². The Labute approximate surface area is 76.4 Å². The molecule has 62 valence electrons. The molecule has 0 aromatic heterocycles. The summed E-state index contributed by atoms with van der Waals surface area (Å²) >= 11 is 0. The van der Waals surface area contributed by atoms with Crippen LogP contribution in [0.4, 0.5) is 5.69 Å². The van der Waals surface area contributed by atoms with Gasteiger partial charge >= 0.3 is 0 Å². The van der Waals surface area contributed by atoms with Crippen LogP contribution in [0.1, 0.15) is 0 Å². The van der Waals surface area contributed by atoms with E-state index in [9.17, 15) is 0 Å². The first-order valence-electron chi connectivity index (χ1n) is 4.04. The van der Waals surface area contributed by atoms with Crippen LogP contribution in [0.25, 0.3) is 10.8 Å². The van der Waals surface area contributed by atoms with Gasteiger partial charge in [-0.3, -0.25) is 5.32 Å². The zero-order valence-corrected chi connectivity index (χ0v) is 6.99. The zero-order valence-electron chi connectivity index (χ0n) is 6.99. The number of nitriles is 1. The van der Waals surface area contributed by atoms with Crippen molar-refractivity contribution in [3.05, 3.63) is 42.5 Å².